The number of hydrogen-bond donors (Lipinski definition) is 3. The van der Waals surface area contributed by atoms with Crippen LogP contribution in [-0.4, -0.2) is 36.7 Å². The van der Waals surface area contributed by atoms with Crippen molar-refractivity contribution in [3.8, 4) is 11.5 Å². The first-order valence-corrected chi connectivity index (χ1v) is 10.9. The van der Waals surface area contributed by atoms with Gasteiger partial charge in [-0.15, -0.1) is 0 Å². The smallest absolute Gasteiger partial charge is 0.191 e. The van der Waals surface area contributed by atoms with Crippen LogP contribution in [0.2, 0.25) is 0 Å². The molecule has 6 nitrogen and oxygen atoms in total. The van der Waals surface area contributed by atoms with Crippen molar-refractivity contribution in [1.82, 2.24) is 4.98 Å². The molecule has 0 radical (unpaired) electrons. The number of Topliss-reactive ketones (excluding diaryl/α,β-unsaturated/α-hetero) is 1. The molecule has 0 spiro atoms. The molecule has 3 aromatic carbocycles. The van der Waals surface area contributed by atoms with E-state index in [0.717, 1.165) is 22.0 Å². The van der Waals surface area contributed by atoms with Crippen LogP contribution in [0.1, 0.15) is 33.9 Å². The average molecular weight is 445 g/mol. The van der Waals surface area contributed by atoms with Crippen molar-refractivity contribution in [2.24, 2.45) is 0 Å². The summed E-state index contributed by atoms with van der Waals surface area (Å²) in [6.45, 7) is 0.107. The molecule has 4 rings (SSSR count). The number of hydrogen-bond acceptors (Lipinski definition) is 5. The van der Waals surface area contributed by atoms with Gasteiger partial charge in [-0.2, -0.15) is 0 Å². The third-order valence-electron chi connectivity index (χ3n) is 5.72. The summed E-state index contributed by atoms with van der Waals surface area (Å²) in [5.74, 6) is 1.22. The number of H-pyrrole nitrogens is 1. The Bertz CT molecular complexity index is 1210. The fraction of sp³-hybridized carbons (Fsp3) is 0.222. The number of nitrogens with one attached hydrogen (secondary N) is 2. The summed E-state index contributed by atoms with van der Waals surface area (Å²) in [5.41, 5.74) is 4.14. The second-order valence-electron chi connectivity index (χ2n) is 7.82. The zero-order valence-electron chi connectivity index (χ0n) is 18.8. The minimum atomic E-state index is -0.618. The quantitative estimate of drug-likeness (QED) is 0.295. The molecule has 0 aliphatic carbocycles. The summed E-state index contributed by atoms with van der Waals surface area (Å²) in [5, 5.41) is 13.6. The van der Waals surface area contributed by atoms with Crippen LogP contribution in [0.25, 0.3) is 10.9 Å². The summed E-state index contributed by atoms with van der Waals surface area (Å²) >= 11 is 0. The molecule has 1 aromatic heterocycles. The average Bonchev–Trinajstić information content (AvgIpc) is 3.30. The Morgan fingerprint density at radius 2 is 1.73 bits per heavy atom. The van der Waals surface area contributed by atoms with E-state index in [0.29, 0.717) is 35.6 Å². The highest BCUT2D eigenvalue weighted by Crippen LogP contribution is 2.32. The number of anilines is 1. The maximum atomic E-state index is 14.0. The van der Waals surface area contributed by atoms with Gasteiger partial charge in [0, 0.05) is 53.2 Å². The van der Waals surface area contributed by atoms with Crippen LogP contribution in [-0.2, 0) is 6.42 Å². The van der Waals surface area contributed by atoms with E-state index in [1.807, 2.05) is 60.7 Å². The summed E-state index contributed by atoms with van der Waals surface area (Å²) in [4.78, 5) is 17.2. The number of aliphatic hydroxyl groups is 1. The molecule has 6 heteroatoms. The summed E-state index contributed by atoms with van der Waals surface area (Å²) in [7, 11) is 3.19. The van der Waals surface area contributed by atoms with E-state index < -0.39 is 6.04 Å². The number of benzene rings is 3. The lowest BCUT2D eigenvalue weighted by atomic mass is 9.94. The van der Waals surface area contributed by atoms with E-state index in [2.05, 4.69) is 10.3 Å². The molecule has 3 N–H and O–H groups in total. The molecule has 1 unspecified atom stereocenters. The third kappa shape index (κ3) is 4.86. The predicted molar refractivity (Wildman–Crippen MR) is 130 cm³/mol. The van der Waals surface area contributed by atoms with Gasteiger partial charge in [-0.1, -0.05) is 42.5 Å². The molecule has 0 amide bonds. The van der Waals surface area contributed by atoms with Crippen LogP contribution in [0.3, 0.4) is 0 Å². The second kappa shape index (κ2) is 10.2. The van der Waals surface area contributed by atoms with E-state index in [1.54, 1.807) is 26.5 Å². The van der Waals surface area contributed by atoms with E-state index in [1.165, 1.54) is 0 Å². The lowest BCUT2D eigenvalue weighted by Crippen LogP contribution is -2.21. The summed E-state index contributed by atoms with van der Waals surface area (Å²) in [6.07, 6.45) is 3.11. The number of ether oxygens (including phenoxy) is 2. The van der Waals surface area contributed by atoms with Crippen molar-refractivity contribution in [2.75, 3.05) is 26.1 Å². The fourth-order valence-corrected chi connectivity index (χ4v) is 4.09. The van der Waals surface area contributed by atoms with Gasteiger partial charge in [0.2, 0.25) is 0 Å². The number of aromatic nitrogens is 1. The largest absolute Gasteiger partial charge is 0.497 e. The molecule has 0 saturated heterocycles. The highest BCUT2D eigenvalue weighted by Gasteiger charge is 2.26. The molecule has 1 heterocycles. The molecular formula is C27H28N2O4. The monoisotopic (exact) mass is 444 g/mol. The van der Waals surface area contributed by atoms with Gasteiger partial charge < -0.3 is 24.9 Å². The topological polar surface area (TPSA) is 83.6 Å². The summed E-state index contributed by atoms with van der Waals surface area (Å²) < 4.78 is 10.8. The second-order valence-corrected chi connectivity index (χ2v) is 7.82. The first kappa shape index (κ1) is 22.4. The Morgan fingerprint density at radius 3 is 2.39 bits per heavy atom. The van der Waals surface area contributed by atoms with Crippen molar-refractivity contribution in [2.45, 2.75) is 18.9 Å². The molecule has 1 atom stereocenters. The van der Waals surface area contributed by atoms with Crippen LogP contribution >= 0.6 is 0 Å². The molecule has 33 heavy (non-hydrogen) atoms. The highest BCUT2D eigenvalue weighted by atomic mass is 16.5. The third-order valence-corrected chi connectivity index (χ3v) is 5.72. The standard InChI is InChI=1S/C27H28N2O4/c1-32-21-14-20(15-22(16-21)33-2)29-26(19-8-4-3-5-9-19)27(31)23-17-28-24-12-6-10-18(25(23)24)11-7-13-30/h3-6,8-10,12,14-17,26,28-30H,7,11,13H2,1-2H3. The van der Waals surface area contributed by atoms with Crippen LogP contribution in [0.15, 0.2) is 72.9 Å². The number of carbonyl (C=O) groups excluding carboxylic acids is 1. The maximum Gasteiger partial charge on any atom is 0.191 e. The van der Waals surface area contributed by atoms with Gasteiger partial charge >= 0.3 is 0 Å². The van der Waals surface area contributed by atoms with E-state index in [9.17, 15) is 9.90 Å². The first-order valence-electron chi connectivity index (χ1n) is 10.9. The Balaban J connectivity index is 1.77. The van der Waals surface area contributed by atoms with Gasteiger partial charge in [-0.05, 0) is 30.0 Å². The van der Waals surface area contributed by atoms with Gasteiger partial charge in [-0.3, -0.25) is 4.79 Å². The fourth-order valence-electron chi connectivity index (χ4n) is 4.09. The minimum absolute atomic E-state index is 0.0503. The van der Waals surface area contributed by atoms with Crippen molar-refractivity contribution < 1.29 is 19.4 Å². The van der Waals surface area contributed by atoms with Crippen LogP contribution in [0, 0.1) is 0 Å². The van der Waals surface area contributed by atoms with Gasteiger partial charge in [-0.25, -0.2) is 0 Å². The van der Waals surface area contributed by atoms with Crippen molar-refractivity contribution in [3.63, 3.8) is 0 Å². The maximum absolute atomic E-state index is 14.0. The number of aliphatic hydroxyl groups excluding tert-OH is 1. The molecule has 0 aliphatic rings. The van der Waals surface area contributed by atoms with Crippen molar-refractivity contribution in [1.29, 1.82) is 0 Å². The Morgan fingerprint density at radius 1 is 1.00 bits per heavy atom. The molecule has 0 fully saturated rings. The normalized spacial score (nSPS) is 11.8. The number of aromatic amines is 1. The lowest BCUT2D eigenvalue weighted by Gasteiger charge is -2.20. The van der Waals surface area contributed by atoms with Crippen LogP contribution in [0.4, 0.5) is 5.69 Å². The van der Waals surface area contributed by atoms with Crippen LogP contribution in [0.5, 0.6) is 11.5 Å². The number of aryl methyl sites for hydroxylation is 1. The van der Waals surface area contributed by atoms with E-state index >= 15 is 0 Å². The Hall–Kier alpha value is -3.77. The highest BCUT2D eigenvalue weighted by molar-refractivity contribution is 6.12. The minimum Gasteiger partial charge on any atom is -0.497 e. The molecule has 0 saturated carbocycles. The summed E-state index contributed by atoms with van der Waals surface area (Å²) in [6, 6.07) is 20.5. The number of carbonyl (C=O) groups is 1. The number of methoxy groups -OCH3 is 2. The zero-order valence-corrected chi connectivity index (χ0v) is 18.8. The van der Waals surface area contributed by atoms with E-state index in [4.69, 9.17) is 9.47 Å². The number of ketones is 1. The SMILES string of the molecule is COc1cc(NC(C(=O)c2c[nH]c3cccc(CCCO)c23)c2ccccc2)cc(OC)c1. The molecule has 170 valence electrons. The molecule has 4 aromatic rings. The van der Waals surface area contributed by atoms with E-state index in [-0.39, 0.29) is 12.4 Å². The van der Waals surface area contributed by atoms with Gasteiger partial charge in [0.25, 0.3) is 0 Å². The van der Waals surface area contributed by atoms with Gasteiger partial charge in [0.1, 0.15) is 17.5 Å². The van der Waals surface area contributed by atoms with Gasteiger partial charge in [0.15, 0.2) is 5.78 Å². The molecule has 0 bridgehead atoms. The zero-order chi connectivity index (χ0) is 23.2. The predicted octanol–water partition coefficient (Wildman–Crippen LogP) is 5.15. The lowest BCUT2D eigenvalue weighted by molar-refractivity contribution is 0.0971. The number of fused-ring (bicyclic) bond motifs is 1. The number of rotatable bonds is 10. The van der Waals surface area contributed by atoms with Crippen molar-refractivity contribution in [3.05, 3.63) is 89.6 Å². The molecule has 0 aliphatic heterocycles. The Kier molecular flexibility index (Phi) is 6.95. The van der Waals surface area contributed by atoms with Crippen molar-refractivity contribution >= 4 is 22.4 Å². The first-order chi connectivity index (χ1) is 16.1. The van der Waals surface area contributed by atoms with Gasteiger partial charge in [0.05, 0.1) is 14.2 Å². The van der Waals surface area contributed by atoms with Crippen LogP contribution < -0.4 is 14.8 Å². The Labute approximate surface area is 193 Å². The molecular weight excluding hydrogens is 416 g/mol.